The summed E-state index contributed by atoms with van der Waals surface area (Å²) in [6.07, 6.45) is 8.40. The SMILES string of the molecule is CS(=O)(=O)CCNCc1cnc(-c2cc3c(Nc4ccc5c(ccn5Cc5ccccc5)c4)ncnc3cn2)s1. The van der Waals surface area contributed by atoms with Crippen LogP contribution in [0.4, 0.5) is 11.5 Å². The lowest BCUT2D eigenvalue weighted by atomic mass is 10.2. The van der Waals surface area contributed by atoms with Crippen molar-refractivity contribution in [3.8, 4) is 10.7 Å². The number of hydrogen-bond acceptors (Lipinski definition) is 9. The molecule has 6 rings (SSSR count). The summed E-state index contributed by atoms with van der Waals surface area (Å²) in [6.45, 7) is 1.76. The van der Waals surface area contributed by atoms with Crippen LogP contribution in [0.1, 0.15) is 10.4 Å². The van der Waals surface area contributed by atoms with Gasteiger partial charge in [-0.3, -0.25) is 4.98 Å². The van der Waals surface area contributed by atoms with Crippen LogP contribution in [0.2, 0.25) is 0 Å². The number of aromatic nitrogens is 5. The quantitative estimate of drug-likeness (QED) is 0.221. The average molecular weight is 570 g/mol. The Bertz CT molecular complexity index is 1900. The van der Waals surface area contributed by atoms with Crippen molar-refractivity contribution in [1.82, 2.24) is 29.8 Å². The molecule has 202 valence electrons. The van der Waals surface area contributed by atoms with E-state index in [1.54, 1.807) is 12.4 Å². The molecular formula is C29H27N7O2S2. The maximum atomic E-state index is 11.3. The molecule has 0 unspecified atom stereocenters. The lowest BCUT2D eigenvalue weighted by Crippen LogP contribution is -2.21. The Balaban J connectivity index is 1.21. The molecule has 0 aliphatic rings. The van der Waals surface area contributed by atoms with Crippen LogP contribution in [0.5, 0.6) is 0 Å². The molecule has 4 aromatic heterocycles. The molecule has 0 spiro atoms. The monoisotopic (exact) mass is 569 g/mol. The maximum Gasteiger partial charge on any atom is 0.148 e. The lowest BCUT2D eigenvalue weighted by molar-refractivity contribution is 0.596. The third kappa shape index (κ3) is 6.01. The molecule has 0 fully saturated rings. The van der Waals surface area contributed by atoms with Gasteiger partial charge >= 0.3 is 0 Å². The molecule has 4 heterocycles. The number of nitrogens with zero attached hydrogens (tertiary/aromatic N) is 5. The van der Waals surface area contributed by atoms with E-state index in [0.29, 0.717) is 18.9 Å². The molecule has 0 radical (unpaired) electrons. The van der Waals surface area contributed by atoms with Gasteiger partial charge in [0, 0.05) is 65.1 Å². The molecule has 40 heavy (non-hydrogen) atoms. The Morgan fingerprint density at radius 2 is 1.82 bits per heavy atom. The van der Waals surface area contributed by atoms with Crippen molar-refractivity contribution in [3.63, 3.8) is 0 Å². The Morgan fingerprint density at radius 3 is 2.67 bits per heavy atom. The summed E-state index contributed by atoms with van der Waals surface area (Å²) in [5, 5.41) is 9.38. The van der Waals surface area contributed by atoms with E-state index in [4.69, 9.17) is 0 Å². The molecule has 0 saturated carbocycles. The van der Waals surface area contributed by atoms with Gasteiger partial charge in [0.2, 0.25) is 0 Å². The van der Waals surface area contributed by atoms with Gasteiger partial charge in [0.25, 0.3) is 0 Å². The summed E-state index contributed by atoms with van der Waals surface area (Å²) >= 11 is 1.52. The molecule has 0 saturated heterocycles. The highest BCUT2D eigenvalue weighted by molar-refractivity contribution is 7.90. The van der Waals surface area contributed by atoms with Gasteiger partial charge in [-0.25, -0.2) is 23.4 Å². The molecule has 2 N–H and O–H groups in total. The zero-order chi connectivity index (χ0) is 27.5. The van der Waals surface area contributed by atoms with E-state index in [-0.39, 0.29) is 5.75 Å². The van der Waals surface area contributed by atoms with E-state index < -0.39 is 9.84 Å². The highest BCUT2D eigenvalue weighted by Crippen LogP contribution is 2.30. The van der Waals surface area contributed by atoms with E-state index in [9.17, 15) is 8.42 Å². The van der Waals surface area contributed by atoms with Gasteiger partial charge in [0.1, 0.15) is 27.0 Å². The third-order valence-corrected chi connectivity index (χ3v) is 8.44. The highest BCUT2D eigenvalue weighted by Gasteiger charge is 2.12. The van der Waals surface area contributed by atoms with Crippen LogP contribution in [0, 0.1) is 0 Å². The number of benzene rings is 2. The second-order valence-electron chi connectivity index (χ2n) is 9.58. The standard InChI is InChI=1S/C29H27N7O2S2/c1-40(37,38)12-10-30-15-23-16-32-29(39-23)25-14-24-26(17-31-25)33-19-34-28(24)35-22-7-8-27-21(13-22)9-11-36(27)18-20-5-3-2-4-6-20/h2-9,11,13-14,16-17,19,30H,10,12,15,18H2,1H3,(H,33,34,35). The van der Waals surface area contributed by atoms with Crippen molar-refractivity contribution >= 4 is 54.5 Å². The highest BCUT2D eigenvalue weighted by atomic mass is 32.2. The second kappa shape index (κ2) is 11.1. The first-order valence-corrected chi connectivity index (χ1v) is 15.6. The largest absolute Gasteiger partial charge is 0.343 e. The number of nitrogens with one attached hydrogen (secondary N) is 2. The van der Waals surface area contributed by atoms with Crippen molar-refractivity contribution in [3.05, 3.63) is 96.0 Å². The average Bonchev–Trinajstić information content (AvgIpc) is 3.58. The summed E-state index contributed by atoms with van der Waals surface area (Å²) in [5.74, 6) is 0.795. The van der Waals surface area contributed by atoms with Gasteiger partial charge in [0.05, 0.1) is 23.2 Å². The number of anilines is 2. The van der Waals surface area contributed by atoms with Crippen molar-refractivity contribution in [2.24, 2.45) is 0 Å². The number of sulfone groups is 1. The number of pyridine rings is 1. The van der Waals surface area contributed by atoms with Crippen molar-refractivity contribution in [1.29, 1.82) is 0 Å². The number of fused-ring (bicyclic) bond motifs is 2. The minimum Gasteiger partial charge on any atom is -0.343 e. The Hall–Kier alpha value is -4.19. The van der Waals surface area contributed by atoms with Crippen LogP contribution >= 0.6 is 11.3 Å². The zero-order valence-electron chi connectivity index (χ0n) is 21.8. The first-order chi connectivity index (χ1) is 19.4. The smallest absolute Gasteiger partial charge is 0.148 e. The van der Waals surface area contributed by atoms with Crippen LogP contribution in [0.3, 0.4) is 0 Å². The fourth-order valence-electron chi connectivity index (χ4n) is 4.49. The second-order valence-corrected chi connectivity index (χ2v) is 13.0. The van der Waals surface area contributed by atoms with Gasteiger partial charge in [-0.2, -0.15) is 0 Å². The topological polar surface area (TPSA) is 115 Å². The lowest BCUT2D eigenvalue weighted by Gasteiger charge is -2.10. The summed E-state index contributed by atoms with van der Waals surface area (Å²) < 4.78 is 24.9. The van der Waals surface area contributed by atoms with Crippen LogP contribution in [0.15, 0.2) is 85.6 Å². The molecule has 9 nitrogen and oxygen atoms in total. The Labute approximate surface area is 235 Å². The van der Waals surface area contributed by atoms with E-state index in [2.05, 4.69) is 89.9 Å². The number of rotatable bonds is 10. The summed E-state index contributed by atoms with van der Waals surface area (Å²) in [4.78, 5) is 19.0. The van der Waals surface area contributed by atoms with E-state index in [0.717, 1.165) is 44.1 Å². The molecule has 0 aliphatic carbocycles. The fourth-order valence-corrected chi connectivity index (χ4v) is 5.85. The fraction of sp³-hybridized carbons (Fsp3) is 0.172. The minimum absolute atomic E-state index is 0.104. The number of hydrogen-bond donors (Lipinski definition) is 2. The summed E-state index contributed by atoms with van der Waals surface area (Å²) in [5.41, 5.74) is 4.82. The molecule has 11 heteroatoms. The zero-order valence-corrected chi connectivity index (χ0v) is 23.4. The normalized spacial score (nSPS) is 11.8. The molecule has 0 bridgehead atoms. The molecular weight excluding hydrogens is 543 g/mol. The van der Waals surface area contributed by atoms with E-state index in [1.807, 2.05) is 12.1 Å². The summed E-state index contributed by atoms with van der Waals surface area (Å²) in [7, 11) is -2.99. The molecule has 2 aromatic carbocycles. The first-order valence-electron chi connectivity index (χ1n) is 12.8. The van der Waals surface area contributed by atoms with Crippen LogP contribution in [-0.2, 0) is 22.9 Å². The molecule has 0 aliphatic heterocycles. The van der Waals surface area contributed by atoms with Gasteiger partial charge < -0.3 is 15.2 Å². The predicted molar refractivity (Wildman–Crippen MR) is 161 cm³/mol. The predicted octanol–water partition coefficient (Wildman–Crippen LogP) is 5.03. The Kier molecular flexibility index (Phi) is 7.25. The van der Waals surface area contributed by atoms with Crippen molar-refractivity contribution < 1.29 is 8.42 Å². The molecule has 0 amide bonds. The maximum absolute atomic E-state index is 11.3. The minimum atomic E-state index is -2.99. The molecule has 0 atom stereocenters. The molecule has 6 aromatic rings. The van der Waals surface area contributed by atoms with Crippen molar-refractivity contribution in [2.75, 3.05) is 23.9 Å². The third-order valence-electron chi connectivity index (χ3n) is 6.47. The Morgan fingerprint density at radius 1 is 0.950 bits per heavy atom. The van der Waals surface area contributed by atoms with Crippen LogP contribution in [0.25, 0.3) is 32.5 Å². The van der Waals surface area contributed by atoms with E-state index >= 15 is 0 Å². The van der Waals surface area contributed by atoms with Crippen LogP contribution < -0.4 is 10.6 Å². The number of thiazole rings is 1. The van der Waals surface area contributed by atoms with Gasteiger partial charge in [-0.05, 0) is 35.9 Å². The van der Waals surface area contributed by atoms with Gasteiger partial charge in [0.15, 0.2) is 0 Å². The first kappa shape index (κ1) is 26.1. The van der Waals surface area contributed by atoms with Crippen molar-refractivity contribution in [2.45, 2.75) is 13.1 Å². The summed E-state index contributed by atoms with van der Waals surface area (Å²) in [6, 6.07) is 20.8. The van der Waals surface area contributed by atoms with Gasteiger partial charge in [-0.15, -0.1) is 11.3 Å². The van der Waals surface area contributed by atoms with Gasteiger partial charge in [-0.1, -0.05) is 30.3 Å². The van der Waals surface area contributed by atoms with Crippen LogP contribution in [-0.4, -0.2) is 51.5 Å². The van der Waals surface area contributed by atoms with E-state index in [1.165, 1.54) is 35.0 Å².